The number of sulfonamides is 1. The van der Waals surface area contributed by atoms with Crippen molar-refractivity contribution in [2.24, 2.45) is 4.99 Å². The highest BCUT2D eigenvalue weighted by Gasteiger charge is 2.27. The van der Waals surface area contributed by atoms with E-state index in [1.54, 1.807) is 42.5 Å². The minimum Gasteiger partial charge on any atom is -0.379 e. The predicted octanol–water partition coefficient (Wildman–Crippen LogP) is 3.63. The molecule has 4 rings (SSSR count). The predicted molar refractivity (Wildman–Crippen MR) is 128 cm³/mol. The molecule has 0 spiro atoms. The first-order chi connectivity index (χ1) is 16.0. The number of hydrogen-bond donors (Lipinski definition) is 0. The Labute approximate surface area is 193 Å². The summed E-state index contributed by atoms with van der Waals surface area (Å²) in [5.74, 6) is 0. The molecule has 2 aliphatic rings. The van der Waals surface area contributed by atoms with Crippen molar-refractivity contribution in [2.75, 3.05) is 44.3 Å². The zero-order valence-electron chi connectivity index (χ0n) is 18.2. The van der Waals surface area contributed by atoms with Crippen LogP contribution < -0.4 is 4.90 Å². The van der Waals surface area contributed by atoms with E-state index in [0.29, 0.717) is 37.6 Å². The van der Waals surface area contributed by atoms with E-state index in [-0.39, 0.29) is 10.6 Å². The van der Waals surface area contributed by atoms with Crippen LogP contribution in [0.2, 0.25) is 0 Å². The number of nitro groups is 1. The molecule has 0 unspecified atom stereocenters. The van der Waals surface area contributed by atoms with Gasteiger partial charge in [0.1, 0.15) is 0 Å². The SMILES string of the molecule is O=[N+]([O-])c1ccccc1/C=C/C=Nc1cc(S(=O)(=O)N2CCOCC2)ccc1N1CCCC1. The Kier molecular flexibility index (Phi) is 7.17. The number of benzene rings is 2. The van der Waals surface area contributed by atoms with Crippen molar-refractivity contribution in [3.05, 3.63) is 64.2 Å². The third kappa shape index (κ3) is 5.29. The first kappa shape index (κ1) is 23.1. The number of anilines is 1. The first-order valence-corrected chi connectivity index (χ1v) is 12.3. The third-order valence-corrected chi connectivity index (χ3v) is 7.61. The van der Waals surface area contributed by atoms with Gasteiger partial charge in [-0.1, -0.05) is 12.1 Å². The molecule has 0 aliphatic carbocycles. The van der Waals surface area contributed by atoms with Crippen LogP contribution in [0.3, 0.4) is 0 Å². The molecule has 2 heterocycles. The summed E-state index contributed by atoms with van der Waals surface area (Å²) in [5.41, 5.74) is 1.91. The number of nitro benzene ring substituents is 1. The van der Waals surface area contributed by atoms with Crippen LogP contribution in [0.25, 0.3) is 6.08 Å². The molecule has 2 aliphatic heterocycles. The van der Waals surface area contributed by atoms with Gasteiger partial charge in [-0.3, -0.25) is 15.1 Å². The topological polar surface area (TPSA) is 105 Å². The molecule has 9 nitrogen and oxygen atoms in total. The molecule has 2 saturated heterocycles. The molecular formula is C23H26N4O5S. The molecule has 0 amide bonds. The average molecular weight is 471 g/mol. The zero-order chi connectivity index (χ0) is 23.3. The van der Waals surface area contributed by atoms with Crippen molar-refractivity contribution in [2.45, 2.75) is 17.7 Å². The normalized spacial score (nSPS) is 17.9. The molecule has 2 aromatic rings. The van der Waals surface area contributed by atoms with Gasteiger partial charge in [0.15, 0.2) is 0 Å². The van der Waals surface area contributed by atoms with E-state index >= 15 is 0 Å². The van der Waals surface area contributed by atoms with E-state index in [1.165, 1.54) is 16.6 Å². The molecule has 0 N–H and O–H groups in total. The fourth-order valence-electron chi connectivity index (χ4n) is 3.99. The summed E-state index contributed by atoms with van der Waals surface area (Å²) in [5, 5.41) is 11.2. The quantitative estimate of drug-likeness (QED) is 0.348. The molecular weight excluding hydrogens is 444 g/mol. The van der Waals surface area contributed by atoms with Crippen molar-refractivity contribution in [3.8, 4) is 0 Å². The molecule has 2 aromatic carbocycles. The van der Waals surface area contributed by atoms with Gasteiger partial charge in [0.25, 0.3) is 5.69 Å². The van der Waals surface area contributed by atoms with Crippen LogP contribution in [-0.4, -0.2) is 63.3 Å². The fourth-order valence-corrected chi connectivity index (χ4v) is 5.42. The van der Waals surface area contributed by atoms with Gasteiger partial charge in [0.2, 0.25) is 10.0 Å². The maximum absolute atomic E-state index is 13.1. The number of aliphatic imine (C=N–C) groups is 1. The number of nitrogens with zero attached hydrogens (tertiary/aromatic N) is 4. The Morgan fingerprint density at radius 2 is 1.76 bits per heavy atom. The summed E-state index contributed by atoms with van der Waals surface area (Å²) >= 11 is 0. The number of ether oxygens (including phenoxy) is 1. The van der Waals surface area contributed by atoms with Crippen molar-refractivity contribution in [3.63, 3.8) is 0 Å². The maximum atomic E-state index is 13.1. The van der Waals surface area contributed by atoms with Crippen LogP contribution in [-0.2, 0) is 14.8 Å². The molecule has 2 fully saturated rings. The Balaban J connectivity index is 1.63. The van der Waals surface area contributed by atoms with Crippen LogP contribution in [0.5, 0.6) is 0 Å². The van der Waals surface area contributed by atoms with Crippen molar-refractivity contribution < 1.29 is 18.1 Å². The van der Waals surface area contributed by atoms with E-state index in [4.69, 9.17) is 4.74 Å². The summed E-state index contributed by atoms with van der Waals surface area (Å²) in [6.07, 6.45) is 6.94. The lowest BCUT2D eigenvalue weighted by atomic mass is 10.1. The lowest BCUT2D eigenvalue weighted by molar-refractivity contribution is -0.385. The highest BCUT2D eigenvalue weighted by atomic mass is 32.2. The van der Waals surface area contributed by atoms with E-state index in [2.05, 4.69) is 9.89 Å². The lowest BCUT2D eigenvalue weighted by Crippen LogP contribution is -2.40. The smallest absolute Gasteiger partial charge is 0.276 e. The van der Waals surface area contributed by atoms with Gasteiger partial charge in [0.05, 0.1) is 40.0 Å². The standard InChI is InChI=1S/C23H26N4O5S/c28-27(29)22-8-2-1-6-19(22)7-5-11-24-21-18-20(9-10-23(21)25-12-3-4-13-25)33(30,31)26-14-16-32-17-15-26/h1-2,5-11,18H,3-4,12-17H2/b7-5+,24-11?. The minimum absolute atomic E-state index is 0.0125. The molecule has 0 bridgehead atoms. The largest absolute Gasteiger partial charge is 0.379 e. The summed E-state index contributed by atoms with van der Waals surface area (Å²) in [4.78, 5) is 17.7. The van der Waals surface area contributed by atoms with Crippen LogP contribution >= 0.6 is 0 Å². The molecule has 0 aromatic heterocycles. The second-order valence-electron chi connectivity index (χ2n) is 7.81. The van der Waals surface area contributed by atoms with Gasteiger partial charge >= 0.3 is 0 Å². The third-order valence-electron chi connectivity index (χ3n) is 5.71. The number of para-hydroxylation sites is 1. The molecule has 0 atom stereocenters. The van der Waals surface area contributed by atoms with Crippen LogP contribution in [0.1, 0.15) is 18.4 Å². The highest BCUT2D eigenvalue weighted by molar-refractivity contribution is 7.89. The van der Waals surface area contributed by atoms with Gasteiger partial charge in [-0.2, -0.15) is 4.31 Å². The molecule has 33 heavy (non-hydrogen) atoms. The van der Waals surface area contributed by atoms with Crippen molar-refractivity contribution in [1.82, 2.24) is 4.31 Å². The number of morpholine rings is 1. The average Bonchev–Trinajstić information content (AvgIpc) is 3.37. The summed E-state index contributed by atoms with van der Waals surface area (Å²) < 4.78 is 32.9. The summed E-state index contributed by atoms with van der Waals surface area (Å²) in [7, 11) is -3.65. The molecule has 10 heteroatoms. The summed E-state index contributed by atoms with van der Waals surface area (Å²) in [6, 6.07) is 11.5. The molecule has 0 saturated carbocycles. The lowest BCUT2D eigenvalue weighted by Gasteiger charge is -2.26. The monoisotopic (exact) mass is 470 g/mol. The van der Waals surface area contributed by atoms with Gasteiger partial charge in [-0.25, -0.2) is 8.42 Å². The van der Waals surface area contributed by atoms with E-state index < -0.39 is 14.9 Å². The number of rotatable bonds is 7. The molecule has 174 valence electrons. The van der Waals surface area contributed by atoms with E-state index in [1.807, 2.05) is 6.07 Å². The van der Waals surface area contributed by atoms with Gasteiger partial charge < -0.3 is 9.64 Å². The van der Waals surface area contributed by atoms with Gasteiger partial charge in [-0.05, 0) is 49.3 Å². The minimum atomic E-state index is -3.65. The van der Waals surface area contributed by atoms with Gasteiger partial charge in [-0.15, -0.1) is 0 Å². The highest BCUT2D eigenvalue weighted by Crippen LogP contribution is 2.34. The van der Waals surface area contributed by atoms with Crippen LogP contribution in [0.4, 0.5) is 17.1 Å². The van der Waals surface area contributed by atoms with Crippen molar-refractivity contribution in [1.29, 1.82) is 0 Å². The Bertz CT molecular complexity index is 1170. The zero-order valence-corrected chi connectivity index (χ0v) is 19.0. The first-order valence-electron chi connectivity index (χ1n) is 10.9. The van der Waals surface area contributed by atoms with E-state index in [9.17, 15) is 18.5 Å². The number of hydrogen-bond acceptors (Lipinski definition) is 7. The molecule has 0 radical (unpaired) electrons. The van der Waals surface area contributed by atoms with Crippen LogP contribution in [0.15, 0.2) is 58.4 Å². The Hall–Kier alpha value is -3.08. The van der Waals surface area contributed by atoms with Crippen molar-refractivity contribution >= 4 is 39.4 Å². The fraction of sp³-hybridized carbons (Fsp3) is 0.348. The maximum Gasteiger partial charge on any atom is 0.276 e. The second-order valence-corrected chi connectivity index (χ2v) is 9.75. The Morgan fingerprint density at radius 3 is 2.48 bits per heavy atom. The number of allylic oxidation sites excluding steroid dienone is 1. The van der Waals surface area contributed by atoms with Gasteiger partial charge in [0, 0.05) is 38.5 Å². The Morgan fingerprint density at radius 1 is 1.03 bits per heavy atom. The van der Waals surface area contributed by atoms with Crippen LogP contribution in [0, 0.1) is 10.1 Å². The summed E-state index contributed by atoms with van der Waals surface area (Å²) in [6.45, 7) is 3.20. The second kappa shape index (κ2) is 10.2. The van der Waals surface area contributed by atoms with E-state index in [0.717, 1.165) is 31.6 Å².